The van der Waals surface area contributed by atoms with Gasteiger partial charge in [-0.15, -0.1) is 0 Å². The van der Waals surface area contributed by atoms with Gasteiger partial charge in [-0.25, -0.2) is 0 Å². The summed E-state index contributed by atoms with van der Waals surface area (Å²) in [5, 5.41) is 4.45. The molecule has 136 valence electrons. The lowest BCUT2D eigenvalue weighted by molar-refractivity contribution is -0.121. The van der Waals surface area contributed by atoms with E-state index in [1.165, 1.54) is 42.4 Å². The van der Waals surface area contributed by atoms with Crippen molar-refractivity contribution in [1.82, 2.24) is 15.2 Å². The van der Waals surface area contributed by atoms with E-state index in [0.29, 0.717) is 6.42 Å². The lowest BCUT2D eigenvalue weighted by Gasteiger charge is -2.23. The van der Waals surface area contributed by atoms with E-state index in [0.717, 1.165) is 29.7 Å². The average molecular weight is 341 g/mol. The average Bonchev–Trinajstić information content (AvgIpc) is 3.16. The van der Waals surface area contributed by atoms with Gasteiger partial charge in [-0.3, -0.25) is 4.79 Å². The quantitative estimate of drug-likeness (QED) is 0.843. The normalized spacial score (nSPS) is 16.5. The molecule has 0 spiro atoms. The van der Waals surface area contributed by atoms with Crippen molar-refractivity contribution in [2.45, 2.75) is 59.4 Å². The molecular formula is C21H31N3O. The molecule has 1 aliphatic heterocycles. The Hall–Kier alpha value is -1.81. The minimum atomic E-state index is 0.134. The van der Waals surface area contributed by atoms with Crippen molar-refractivity contribution in [1.29, 1.82) is 0 Å². The molecule has 1 aliphatic rings. The number of amides is 1. The van der Waals surface area contributed by atoms with Gasteiger partial charge < -0.3 is 15.2 Å². The van der Waals surface area contributed by atoms with Gasteiger partial charge in [0.2, 0.25) is 5.91 Å². The number of hydrogen-bond donors (Lipinski definition) is 2. The summed E-state index contributed by atoms with van der Waals surface area (Å²) in [6.07, 6.45) is 4.01. The second-order valence-electron chi connectivity index (χ2n) is 7.59. The van der Waals surface area contributed by atoms with E-state index < -0.39 is 0 Å². The van der Waals surface area contributed by atoms with E-state index >= 15 is 0 Å². The first-order valence-corrected chi connectivity index (χ1v) is 9.58. The predicted octanol–water partition coefficient (Wildman–Crippen LogP) is 3.63. The highest BCUT2D eigenvalue weighted by atomic mass is 16.1. The number of carbonyl (C=O) groups is 1. The van der Waals surface area contributed by atoms with Crippen LogP contribution in [0.1, 0.15) is 48.6 Å². The SMILES string of the molecule is CC[C@H](CN1CCCC1)NC(=O)Cc1c(C)[nH]c2c(C)cc(C)cc12. The third kappa shape index (κ3) is 4.06. The fourth-order valence-electron chi connectivity index (χ4n) is 4.06. The lowest BCUT2D eigenvalue weighted by Crippen LogP contribution is -2.43. The van der Waals surface area contributed by atoms with Crippen LogP contribution in [0.5, 0.6) is 0 Å². The molecule has 0 radical (unpaired) electrons. The Bertz CT molecular complexity index is 756. The first kappa shape index (κ1) is 18.0. The Balaban J connectivity index is 1.71. The number of rotatable bonds is 6. The highest BCUT2D eigenvalue weighted by molar-refractivity contribution is 5.92. The monoisotopic (exact) mass is 341 g/mol. The summed E-state index contributed by atoms with van der Waals surface area (Å²) in [4.78, 5) is 18.6. The molecule has 1 saturated heterocycles. The van der Waals surface area contributed by atoms with Crippen molar-refractivity contribution in [2.24, 2.45) is 0 Å². The van der Waals surface area contributed by atoms with Gasteiger partial charge in [-0.2, -0.15) is 0 Å². The second kappa shape index (κ2) is 7.61. The maximum absolute atomic E-state index is 12.7. The van der Waals surface area contributed by atoms with Crippen LogP contribution in [0.4, 0.5) is 0 Å². The van der Waals surface area contributed by atoms with Crippen LogP contribution in [0.25, 0.3) is 10.9 Å². The largest absolute Gasteiger partial charge is 0.358 e. The zero-order valence-corrected chi connectivity index (χ0v) is 16.0. The van der Waals surface area contributed by atoms with Crippen LogP contribution < -0.4 is 5.32 Å². The molecule has 25 heavy (non-hydrogen) atoms. The fraction of sp³-hybridized carbons (Fsp3) is 0.571. The van der Waals surface area contributed by atoms with Gasteiger partial charge >= 0.3 is 0 Å². The highest BCUT2D eigenvalue weighted by Crippen LogP contribution is 2.26. The number of nitrogens with one attached hydrogen (secondary N) is 2. The van der Waals surface area contributed by atoms with Crippen LogP contribution in [0.2, 0.25) is 0 Å². The van der Waals surface area contributed by atoms with Gasteiger partial charge in [0, 0.05) is 29.2 Å². The van der Waals surface area contributed by atoms with E-state index in [1.807, 2.05) is 0 Å². The van der Waals surface area contributed by atoms with E-state index in [-0.39, 0.29) is 11.9 Å². The Kier molecular flexibility index (Phi) is 5.48. The van der Waals surface area contributed by atoms with Crippen molar-refractivity contribution in [2.75, 3.05) is 19.6 Å². The molecule has 2 aromatic rings. The zero-order chi connectivity index (χ0) is 18.0. The van der Waals surface area contributed by atoms with Crippen LogP contribution in [-0.2, 0) is 11.2 Å². The molecule has 0 aliphatic carbocycles. The molecule has 1 amide bonds. The van der Waals surface area contributed by atoms with Crippen molar-refractivity contribution in [3.8, 4) is 0 Å². The number of hydrogen-bond acceptors (Lipinski definition) is 2. The fourth-order valence-corrected chi connectivity index (χ4v) is 4.06. The lowest BCUT2D eigenvalue weighted by atomic mass is 10.0. The number of aromatic amines is 1. The van der Waals surface area contributed by atoms with Gasteiger partial charge in [-0.05, 0) is 70.3 Å². The third-order valence-electron chi connectivity index (χ3n) is 5.44. The number of fused-ring (bicyclic) bond motifs is 1. The first-order valence-electron chi connectivity index (χ1n) is 9.58. The van der Waals surface area contributed by atoms with Gasteiger partial charge in [0.25, 0.3) is 0 Å². The smallest absolute Gasteiger partial charge is 0.224 e. The zero-order valence-electron chi connectivity index (χ0n) is 16.0. The van der Waals surface area contributed by atoms with E-state index in [1.54, 1.807) is 0 Å². The van der Waals surface area contributed by atoms with Crippen LogP contribution in [-0.4, -0.2) is 41.5 Å². The molecule has 0 saturated carbocycles. The molecule has 4 heteroatoms. The van der Waals surface area contributed by atoms with E-state index in [2.05, 4.69) is 55.0 Å². The Labute approximate surface area is 151 Å². The van der Waals surface area contributed by atoms with Crippen molar-refractivity contribution >= 4 is 16.8 Å². The minimum absolute atomic E-state index is 0.134. The molecular weight excluding hydrogens is 310 g/mol. The van der Waals surface area contributed by atoms with Crippen LogP contribution in [0.3, 0.4) is 0 Å². The van der Waals surface area contributed by atoms with Gasteiger partial charge in [0.1, 0.15) is 0 Å². The Morgan fingerprint density at radius 3 is 2.64 bits per heavy atom. The third-order valence-corrected chi connectivity index (χ3v) is 5.44. The van der Waals surface area contributed by atoms with E-state index in [9.17, 15) is 4.79 Å². The molecule has 1 atom stereocenters. The Morgan fingerprint density at radius 1 is 1.24 bits per heavy atom. The molecule has 1 aromatic carbocycles. The second-order valence-corrected chi connectivity index (χ2v) is 7.59. The first-order chi connectivity index (χ1) is 12.0. The minimum Gasteiger partial charge on any atom is -0.358 e. The van der Waals surface area contributed by atoms with Crippen LogP contribution in [0, 0.1) is 20.8 Å². The van der Waals surface area contributed by atoms with Gasteiger partial charge in [0.15, 0.2) is 0 Å². The summed E-state index contributed by atoms with van der Waals surface area (Å²) in [5.41, 5.74) is 5.88. The maximum Gasteiger partial charge on any atom is 0.224 e. The van der Waals surface area contributed by atoms with Crippen molar-refractivity contribution in [3.63, 3.8) is 0 Å². The molecule has 3 rings (SSSR count). The standard InChI is InChI=1S/C21H31N3O/c1-5-17(13-24-8-6-7-9-24)23-20(25)12-18-16(4)22-21-15(3)10-14(2)11-19(18)21/h10-11,17,22H,5-9,12-13H2,1-4H3,(H,23,25)/t17-/m1/s1. The molecule has 1 fully saturated rings. The summed E-state index contributed by atoms with van der Waals surface area (Å²) in [7, 11) is 0. The van der Waals surface area contributed by atoms with Crippen molar-refractivity contribution < 1.29 is 4.79 Å². The molecule has 4 nitrogen and oxygen atoms in total. The number of carbonyl (C=O) groups excluding carboxylic acids is 1. The van der Waals surface area contributed by atoms with Crippen LogP contribution >= 0.6 is 0 Å². The molecule has 2 N–H and O–H groups in total. The number of H-pyrrole nitrogens is 1. The summed E-state index contributed by atoms with van der Waals surface area (Å²) < 4.78 is 0. The number of aryl methyl sites for hydroxylation is 3. The highest BCUT2D eigenvalue weighted by Gasteiger charge is 2.19. The number of nitrogens with zero attached hydrogens (tertiary/aromatic N) is 1. The summed E-state index contributed by atoms with van der Waals surface area (Å²) >= 11 is 0. The van der Waals surface area contributed by atoms with Gasteiger partial charge in [0.05, 0.1) is 6.42 Å². The topological polar surface area (TPSA) is 48.1 Å². The summed E-state index contributed by atoms with van der Waals surface area (Å²) in [5.74, 6) is 0.134. The predicted molar refractivity (Wildman–Crippen MR) is 104 cm³/mol. The number of aromatic nitrogens is 1. The number of benzene rings is 1. The molecule has 1 aromatic heterocycles. The van der Waals surface area contributed by atoms with Crippen molar-refractivity contribution in [3.05, 3.63) is 34.5 Å². The summed E-state index contributed by atoms with van der Waals surface area (Å²) in [6.45, 7) is 11.8. The summed E-state index contributed by atoms with van der Waals surface area (Å²) in [6, 6.07) is 4.63. The van der Waals surface area contributed by atoms with E-state index in [4.69, 9.17) is 0 Å². The molecule has 0 bridgehead atoms. The number of likely N-dealkylation sites (tertiary alicyclic amines) is 1. The molecule has 0 unspecified atom stereocenters. The maximum atomic E-state index is 12.7. The van der Waals surface area contributed by atoms with Gasteiger partial charge in [-0.1, -0.05) is 18.6 Å². The van der Waals surface area contributed by atoms with Crippen LogP contribution in [0.15, 0.2) is 12.1 Å². The Morgan fingerprint density at radius 2 is 1.96 bits per heavy atom. The molecule has 2 heterocycles.